The van der Waals surface area contributed by atoms with E-state index in [1.165, 1.54) is 28.2 Å². The summed E-state index contributed by atoms with van der Waals surface area (Å²) >= 11 is 1.46. The van der Waals surface area contributed by atoms with Crippen molar-refractivity contribution in [3.05, 3.63) is 77.2 Å². The van der Waals surface area contributed by atoms with Gasteiger partial charge in [-0.2, -0.15) is 4.99 Å². The number of anilines is 1. The van der Waals surface area contributed by atoms with Gasteiger partial charge >= 0.3 is 0 Å². The molecule has 0 aliphatic carbocycles. The summed E-state index contributed by atoms with van der Waals surface area (Å²) in [6, 6.07) is 22.8. The lowest BCUT2D eigenvalue weighted by Gasteiger charge is -2.37. The summed E-state index contributed by atoms with van der Waals surface area (Å²) in [5, 5.41) is 3.34. The standard InChI is InChI=1S/C26H25N3O2S/c1-2-31-23-13-6-4-9-20(23)18-24-25(30)27-26(32-24)29-16-14-28(15-17-29)22-12-7-10-19-8-3-5-11-21(19)22/h3-13,18H,2,14-17H2,1H3/b24-18+. The van der Waals surface area contributed by atoms with Crippen LogP contribution in [0.4, 0.5) is 5.69 Å². The Morgan fingerprint density at radius 1 is 0.938 bits per heavy atom. The SMILES string of the molecule is CCOc1ccccc1/C=C1/SC(N2CCN(c3cccc4ccccc34)CC2)=NC1=O. The Balaban J connectivity index is 1.28. The van der Waals surface area contributed by atoms with Gasteiger partial charge in [0.1, 0.15) is 5.75 Å². The number of hydrogen-bond acceptors (Lipinski definition) is 5. The van der Waals surface area contributed by atoms with E-state index in [-0.39, 0.29) is 5.91 Å². The number of fused-ring (bicyclic) bond motifs is 1. The van der Waals surface area contributed by atoms with Crippen molar-refractivity contribution >= 4 is 45.4 Å². The second kappa shape index (κ2) is 9.09. The van der Waals surface area contributed by atoms with E-state index in [2.05, 4.69) is 57.3 Å². The number of aliphatic imine (C=N–C) groups is 1. The van der Waals surface area contributed by atoms with Gasteiger partial charge in [-0.15, -0.1) is 0 Å². The van der Waals surface area contributed by atoms with Crippen LogP contribution in [0.25, 0.3) is 16.8 Å². The number of carbonyl (C=O) groups is 1. The first-order valence-corrected chi connectivity index (χ1v) is 11.8. The van der Waals surface area contributed by atoms with Gasteiger partial charge in [0.2, 0.25) is 0 Å². The zero-order valence-electron chi connectivity index (χ0n) is 18.0. The number of carbonyl (C=O) groups excluding carboxylic acids is 1. The summed E-state index contributed by atoms with van der Waals surface area (Å²) < 4.78 is 5.69. The van der Waals surface area contributed by atoms with Crippen molar-refractivity contribution in [2.75, 3.05) is 37.7 Å². The van der Waals surface area contributed by atoms with Crippen LogP contribution in [0, 0.1) is 0 Å². The second-order valence-corrected chi connectivity index (χ2v) is 8.76. The molecule has 32 heavy (non-hydrogen) atoms. The predicted molar refractivity (Wildman–Crippen MR) is 133 cm³/mol. The van der Waals surface area contributed by atoms with Crippen LogP contribution in [0.2, 0.25) is 0 Å². The lowest BCUT2D eigenvalue weighted by Crippen LogP contribution is -2.47. The molecule has 1 amide bonds. The smallest absolute Gasteiger partial charge is 0.286 e. The molecule has 162 valence electrons. The maximum absolute atomic E-state index is 12.6. The molecule has 2 aliphatic heterocycles. The third-order valence-electron chi connectivity index (χ3n) is 5.77. The van der Waals surface area contributed by atoms with Crippen LogP contribution in [0.1, 0.15) is 12.5 Å². The topological polar surface area (TPSA) is 45.1 Å². The lowest BCUT2D eigenvalue weighted by molar-refractivity contribution is -0.113. The lowest BCUT2D eigenvalue weighted by atomic mass is 10.1. The summed E-state index contributed by atoms with van der Waals surface area (Å²) in [5.41, 5.74) is 2.18. The minimum atomic E-state index is -0.173. The third kappa shape index (κ3) is 4.10. The van der Waals surface area contributed by atoms with Crippen molar-refractivity contribution in [1.82, 2.24) is 4.90 Å². The number of para-hydroxylation sites is 1. The molecular formula is C26H25N3O2S. The highest BCUT2D eigenvalue weighted by atomic mass is 32.2. The van der Waals surface area contributed by atoms with Crippen LogP contribution in [-0.4, -0.2) is 48.8 Å². The van der Waals surface area contributed by atoms with Crippen molar-refractivity contribution in [2.45, 2.75) is 6.92 Å². The van der Waals surface area contributed by atoms with Crippen LogP contribution in [0.3, 0.4) is 0 Å². The highest BCUT2D eigenvalue weighted by molar-refractivity contribution is 8.18. The van der Waals surface area contributed by atoms with Gasteiger partial charge in [0.25, 0.3) is 5.91 Å². The summed E-state index contributed by atoms with van der Waals surface area (Å²) in [6.45, 7) is 6.01. The normalized spacial score (nSPS) is 17.8. The zero-order chi connectivity index (χ0) is 21.9. The number of ether oxygens (including phenoxy) is 1. The summed E-state index contributed by atoms with van der Waals surface area (Å²) in [4.78, 5) is 22.2. The van der Waals surface area contributed by atoms with E-state index in [9.17, 15) is 4.79 Å². The molecule has 3 aromatic carbocycles. The Hall–Kier alpha value is -3.25. The first kappa shape index (κ1) is 20.6. The number of rotatable bonds is 4. The molecule has 6 heteroatoms. The van der Waals surface area contributed by atoms with Crippen molar-refractivity contribution in [3.8, 4) is 5.75 Å². The Bertz CT molecular complexity index is 1210. The second-order valence-electron chi connectivity index (χ2n) is 7.75. The molecule has 0 saturated carbocycles. The van der Waals surface area contributed by atoms with Crippen LogP contribution < -0.4 is 9.64 Å². The minimum absolute atomic E-state index is 0.173. The van der Waals surface area contributed by atoms with Crippen molar-refractivity contribution in [3.63, 3.8) is 0 Å². The highest BCUT2D eigenvalue weighted by Crippen LogP contribution is 2.33. The fourth-order valence-corrected chi connectivity index (χ4v) is 5.14. The molecule has 0 atom stereocenters. The maximum atomic E-state index is 12.6. The van der Waals surface area contributed by atoms with E-state index in [4.69, 9.17) is 4.74 Å². The molecule has 0 N–H and O–H groups in total. The summed E-state index contributed by atoms with van der Waals surface area (Å²) in [6.07, 6.45) is 1.89. The van der Waals surface area contributed by atoms with E-state index >= 15 is 0 Å². The molecular weight excluding hydrogens is 418 g/mol. The number of benzene rings is 3. The molecule has 5 nitrogen and oxygen atoms in total. The van der Waals surface area contributed by atoms with Gasteiger partial charge < -0.3 is 14.5 Å². The summed E-state index contributed by atoms with van der Waals surface area (Å²) in [7, 11) is 0. The molecule has 1 fully saturated rings. The number of thioether (sulfide) groups is 1. The highest BCUT2D eigenvalue weighted by Gasteiger charge is 2.29. The Kier molecular flexibility index (Phi) is 5.86. The van der Waals surface area contributed by atoms with Gasteiger partial charge in [-0.3, -0.25) is 4.79 Å². The van der Waals surface area contributed by atoms with Crippen molar-refractivity contribution < 1.29 is 9.53 Å². The molecule has 5 rings (SSSR count). The quantitative estimate of drug-likeness (QED) is 0.529. The Morgan fingerprint density at radius 3 is 2.50 bits per heavy atom. The molecule has 0 radical (unpaired) electrons. The monoisotopic (exact) mass is 443 g/mol. The fraction of sp³-hybridized carbons (Fsp3) is 0.231. The molecule has 1 saturated heterocycles. The van der Waals surface area contributed by atoms with Crippen LogP contribution in [0.5, 0.6) is 5.75 Å². The van der Waals surface area contributed by atoms with Gasteiger partial charge in [0, 0.05) is 42.8 Å². The number of amidine groups is 1. The van der Waals surface area contributed by atoms with Gasteiger partial charge in [0.15, 0.2) is 5.17 Å². The first-order chi connectivity index (χ1) is 15.7. The number of hydrogen-bond donors (Lipinski definition) is 0. The summed E-state index contributed by atoms with van der Waals surface area (Å²) in [5.74, 6) is 0.612. The maximum Gasteiger partial charge on any atom is 0.286 e. The molecule has 0 unspecified atom stereocenters. The van der Waals surface area contributed by atoms with E-state index in [1.54, 1.807) is 0 Å². The molecule has 0 aromatic heterocycles. The van der Waals surface area contributed by atoms with Crippen LogP contribution >= 0.6 is 11.8 Å². The number of piperazine rings is 1. The zero-order valence-corrected chi connectivity index (χ0v) is 18.8. The van der Waals surface area contributed by atoms with Gasteiger partial charge in [0.05, 0.1) is 11.5 Å². The molecule has 2 heterocycles. The minimum Gasteiger partial charge on any atom is -0.493 e. The predicted octanol–water partition coefficient (Wildman–Crippen LogP) is 5.03. The average Bonchev–Trinajstić information content (AvgIpc) is 3.20. The fourth-order valence-electron chi connectivity index (χ4n) is 4.18. The van der Waals surface area contributed by atoms with Gasteiger partial charge in [-0.1, -0.05) is 54.6 Å². The molecule has 3 aromatic rings. The number of nitrogens with zero attached hydrogens (tertiary/aromatic N) is 3. The third-order valence-corrected chi connectivity index (χ3v) is 6.82. The average molecular weight is 444 g/mol. The largest absolute Gasteiger partial charge is 0.493 e. The Morgan fingerprint density at radius 2 is 1.66 bits per heavy atom. The Labute approximate surface area is 192 Å². The van der Waals surface area contributed by atoms with Crippen molar-refractivity contribution in [1.29, 1.82) is 0 Å². The van der Waals surface area contributed by atoms with Gasteiger partial charge in [-0.05, 0) is 42.3 Å². The van der Waals surface area contributed by atoms with Crippen LogP contribution in [-0.2, 0) is 4.79 Å². The van der Waals surface area contributed by atoms with Crippen LogP contribution in [0.15, 0.2) is 76.6 Å². The first-order valence-electron chi connectivity index (χ1n) is 10.9. The van der Waals surface area contributed by atoms with E-state index < -0.39 is 0 Å². The van der Waals surface area contributed by atoms with E-state index in [0.29, 0.717) is 11.5 Å². The van der Waals surface area contributed by atoms with E-state index in [0.717, 1.165) is 42.7 Å². The molecule has 0 spiro atoms. The van der Waals surface area contributed by atoms with E-state index in [1.807, 2.05) is 37.3 Å². The molecule has 2 aliphatic rings. The van der Waals surface area contributed by atoms with Crippen molar-refractivity contribution in [2.24, 2.45) is 4.99 Å². The molecule has 0 bridgehead atoms. The number of amides is 1. The van der Waals surface area contributed by atoms with Gasteiger partial charge in [-0.25, -0.2) is 0 Å².